The van der Waals surface area contributed by atoms with E-state index in [1.807, 2.05) is 172 Å². The molecule has 3 N–H and O–H groups in total. The number of nitrogens with zero attached hydrogens (tertiary/aromatic N) is 6. The summed E-state index contributed by atoms with van der Waals surface area (Å²) >= 11 is 2.19. The Bertz CT molecular complexity index is 3050. The maximum Gasteiger partial charge on any atom is 0.410 e. The first kappa shape index (κ1) is 50.4. The van der Waals surface area contributed by atoms with Crippen LogP contribution in [0.5, 0.6) is 0 Å². The van der Waals surface area contributed by atoms with Crippen molar-refractivity contribution in [2.75, 3.05) is 31.1 Å². The van der Waals surface area contributed by atoms with Gasteiger partial charge in [0.25, 0.3) is 11.8 Å². The highest BCUT2D eigenvalue weighted by Gasteiger charge is 2.55. The number of fused-ring (bicyclic) bond motifs is 1. The molecule has 18 heteroatoms. The highest BCUT2D eigenvalue weighted by molar-refractivity contribution is 8.00. The Kier molecular flexibility index (Phi) is 14.4. The maximum absolute atomic E-state index is 15.0. The number of anilines is 1. The van der Waals surface area contributed by atoms with Gasteiger partial charge in [-0.05, 0) is 56.4 Å². The van der Waals surface area contributed by atoms with Crippen LogP contribution in [-0.2, 0) is 39.1 Å². The van der Waals surface area contributed by atoms with Gasteiger partial charge in [-0.3, -0.25) is 19.3 Å². The molecule has 0 radical (unpaired) electrons. The number of nitrogen functional groups attached to an aromatic ring is 1. The largest absolute Gasteiger partial charge is 0.448 e. The average molecular weight is 1040 g/mol. The zero-order valence-corrected chi connectivity index (χ0v) is 43.0. The summed E-state index contributed by atoms with van der Waals surface area (Å²) < 4.78 is 16.4. The molecule has 0 spiro atoms. The molecule has 10 rings (SSSR count). The minimum atomic E-state index is -1.38. The van der Waals surface area contributed by atoms with Crippen LogP contribution in [0.3, 0.4) is 0 Å². The molecule has 4 amide bonds. The zero-order chi connectivity index (χ0) is 52.3. The number of ether oxygens (including phenoxy) is 2. The smallest absolute Gasteiger partial charge is 0.410 e. The minimum Gasteiger partial charge on any atom is -0.448 e. The molecule has 0 bridgehead atoms. The number of carbonyl (C=O) groups excluding carboxylic acids is 5. The quantitative estimate of drug-likeness (QED) is 0.0267. The fourth-order valence-corrected chi connectivity index (χ4v) is 11.6. The van der Waals surface area contributed by atoms with E-state index in [1.54, 1.807) is 15.9 Å². The molecule has 0 saturated carbocycles. The summed E-state index contributed by atoms with van der Waals surface area (Å²) in [6.07, 6.45) is 1.38. The lowest BCUT2D eigenvalue weighted by Crippen LogP contribution is -2.71. The third-order valence-corrected chi connectivity index (χ3v) is 15.2. The van der Waals surface area contributed by atoms with Crippen molar-refractivity contribution in [3.05, 3.63) is 208 Å². The standard InChI is InChI=1S/C57H54N8O8S2/c1-56(2,3)72-55(70)63-31-30-43(34-63)64-32-29-38(50(64)67)33-39-35-74-52-45(51(68)65(52)46(39)53(69)71-47(36-19-9-4-10-20-36)37-21-11-5-12-22-37)59-49(66)44(48-60-54(58)75-62-48)61-73-57(40-23-13-6-14-24-40,41-25-15-7-16-26-41)42-27-17-8-18-28-42/h4-28,33,43,45,47,52H,29-32,34-35H2,1-3H3,(H,59,66)(H2,58,60,62)/t43-,45-,52-/m1/s1. The van der Waals surface area contributed by atoms with Crippen molar-refractivity contribution in [3.63, 3.8) is 0 Å². The highest BCUT2D eigenvalue weighted by atomic mass is 32.2. The number of allylic oxidation sites excluding steroid dienone is 1. The SMILES string of the molecule is CC(C)(C)OC(=O)N1CC[C@@H](N2CCC(=CC3=C(C(=O)OC(c4ccccc4)c4ccccc4)N4C(=O)[C@@H](NC(=O)C(=NOC(c5ccccc5)(c5ccccc5)c5ccccc5)c5nsc(N)n5)[C@H]4SC3)C2=O)C1. The van der Waals surface area contributed by atoms with Gasteiger partial charge in [-0.1, -0.05) is 157 Å². The van der Waals surface area contributed by atoms with Crippen LogP contribution in [0.2, 0.25) is 0 Å². The van der Waals surface area contributed by atoms with E-state index in [-0.39, 0.29) is 40.1 Å². The fourth-order valence-electron chi connectivity index (χ4n) is 9.82. The second-order valence-corrected chi connectivity index (χ2v) is 21.3. The molecule has 0 unspecified atom stereocenters. The number of carbonyl (C=O) groups is 5. The summed E-state index contributed by atoms with van der Waals surface area (Å²) in [4.78, 5) is 87.4. The number of benzene rings is 5. The second-order valence-electron chi connectivity index (χ2n) is 19.4. The maximum atomic E-state index is 15.0. The van der Waals surface area contributed by atoms with E-state index < -0.39 is 52.6 Å². The number of nitrogens with two attached hydrogens (primary N) is 1. The van der Waals surface area contributed by atoms with E-state index in [0.29, 0.717) is 71.4 Å². The van der Waals surface area contributed by atoms with Gasteiger partial charge in [0, 0.05) is 59.2 Å². The van der Waals surface area contributed by atoms with Crippen molar-refractivity contribution in [2.45, 2.75) is 68.4 Å². The van der Waals surface area contributed by atoms with Crippen LogP contribution in [-0.4, -0.2) is 108 Å². The van der Waals surface area contributed by atoms with Crippen LogP contribution < -0.4 is 11.1 Å². The molecule has 3 atom stereocenters. The molecule has 3 fully saturated rings. The Labute approximate surface area is 442 Å². The molecular formula is C57H54N8O8S2. The predicted molar refractivity (Wildman–Crippen MR) is 285 cm³/mol. The summed E-state index contributed by atoms with van der Waals surface area (Å²) in [6.45, 7) is 6.63. The number of likely N-dealkylation sites (tertiary alicyclic amines) is 2. The van der Waals surface area contributed by atoms with Gasteiger partial charge in [-0.15, -0.1) is 11.8 Å². The van der Waals surface area contributed by atoms with Crippen molar-refractivity contribution in [3.8, 4) is 0 Å². The third kappa shape index (κ3) is 10.4. The molecule has 16 nitrogen and oxygen atoms in total. The van der Waals surface area contributed by atoms with Gasteiger partial charge < -0.3 is 35.2 Å². The number of β-lactam (4-membered cyclic amide) rings is 1. The average Bonchev–Trinajstić information content (AvgIpc) is 4.23. The lowest BCUT2D eigenvalue weighted by molar-refractivity contribution is -0.154. The van der Waals surface area contributed by atoms with Crippen molar-refractivity contribution < 1.29 is 38.3 Å². The normalized spacial score (nSPS) is 19.5. The van der Waals surface area contributed by atoms with Gasteiger partial charge in [0.1, 0.15) is 22.7 Å². The first-order valence-corrected chi connectivity index (χ1v) is 26.4. The molecule has 3 saturated heterocycles. The molecular weight excluding hydrogens is 989 g/mol. The number of amides is 4. The van der Waals surface area contributed by atoms with Crippen LogP contribution in [0, 0.1) is 0 Å². The van der Waals surface area contributed by atoms with E-state index in [2.05, 4.69) is 19.8 Å². The summed E-state index contributed by atoms with van der Waals surface area (Å²) in [6, 6.07) is 45.7. The summed E-state index contributed by atoms with van der Waals surface area (Å²) in [5, 5.41) is 6.74. The highest BCUT2D eigenvalue weighted by Crippen LogP contribution is 2.44. The topological polar surface area (TPSA) is 199 Å². The van der Waals surface area contributed by atoms with Gasteiger partial charge in [-0.25, -0.2) is 9.59 Å². The molecule has 75 heavy (non-hydrogen) atoms. The summed E-state index contributed by atoms with van der Waals surface area (Å²) in [7, 11) is 0. The molecule has 4 aliphatic rings. The van der Waals surface area contributed by atoms with Gasteiger partial charge in [-0.2, -0.15) is 9.36 Å². The lowest BCUT2D eigenvalue weighted by atomic mass is 9.80. The zero-order valence-electron chi connectivity index (χ0n) is 41.4. The Morgan fingerprint density at radius 2 is 1.36 bits per heavy atom. The van der Waals surface area contributed by atoms with E-state index in [0.717, 1.165) is 11.5 Å². The van der Waals surface area contributed by atoms with Crippen molar-refractivity contribution in [2.24, 2.45) is 5.16 Å². The van der Waals surface area contributed by atoms with E-state index in [9.17, 15) is 24.0 Å². The number of aromatic nitrogens is 2. The Morgan fingerprint density at radius 3 is 1.89 bits per heavy atom. The number of hydrogen-bond donors (Lipinski definition) is 2. The fraction of sp³-hybridized carbons (Fsp3) is 0.263. The molecule has 4 aliphatic heterocycles. The first-order valence-electron chi connectivity index (χ1n) is 24.6. The monoisotopic (exact) mass is 1040 g/mol. The van der Waals surface area contributed by atoms with Gasteiger partial charge in [0.2, 0.25) is 23.0 Å². The number of thioether (sulfide) groups is 1. The Balaban J connectivity index is 0.969. The van der Waals surface area contributed by atoms with E-state index in [4.69, 9.17) is 20.0 Å². The Morgan fingerprint density at radius 1 is 0.800 bits per heavy atom. The first-order chi connectivity index (χ1) is 36.3. The van der Waals surface area contributed by atoms with Crippen molar-refractivity contribution in [1.82, 2.24) is 29.4 Å². The van der Waals surface area contributed by atoms with Crippen molar-refractivity contribution in [1.29, 1.82) is 0 Å². The van der Waals surface area contributed by atoms with Crippen LogP contribution in [0.1, 0.15) is 73.4 Å². The number of nitrogens with one attached hydrogen (secondary N) is 1. The number of hydrogen-bond acceptors (Lipinski definition) is 14. The van der Waals surface area contributed by atoms with Gasteiger partial charge >= 0.3 is 12.1 Å². The molecule has 1 aromatic heterocycles. The third-order valence-electron chi connectivity index (χ3n) is 13.4. The van der Waals surface area contributed by atoms with Crippen LogP contribution >= 0.6 is 23.3 Å². The lowest BCUT2D eigenvalue weighted by Gasteiger charge is -2.49. The Hall–Kier alpha value is -8.09. The number of esters is 1. The number of rotatable bonds is 14. The van der Waals surface area contributed by atoms with Gasteiger partial charge in [0.05, 0.1) is 6.04 Å². The molecule has 0 aliphatic carbocycles. The summed E-state index contributed by atoms with van der Waals surface area (Å²) in [5.74, 6) is -2.35. The molecule has 5 aromatic carbocycles. The van der Waals surface area contributed by atoms with E-state index >= 15 is 0 Å². The van der Waals surface area contributed by atoms with E-state index in [1.165, 1.54) is 16.7 Å². The second kappa shape index (κ2) is 21.4. The molecule has 5 heterocycles. The van der Waals surface area contributed by atoms with Crippen LogP contribution in [0.25, 0.3) is 0 Å². The predicted octanol–water partition coefficient (Wildman–Crippen LogP) is 7.99. The summed E-state index contributed by atoms with van der Waals surface area (Å²) in [5.41, 5.74) is 8.11. The minimum absolute atomic E-state index is 0.0358. The van der Waals surface area contributed by atoms with Crippen LogP contribution in [0.15, 0.2) is 180 Å². The van der Waals surface area contributed by atoms with Crippen molar-refractivity contribution >= 4 is 63.9 Å². The van der Waals surface area contributed by atoms with Crippen LogP contribution in [0.4, 0.5) is 9.93 Å². The number of oxime groups is 1. The molecule has 6 aromatic rings. The molecule has 382 valence electrons. The van der Waals surface area contributed by atoms with Gasteiger partial charge in [0.15, 0.2) is 11.2 Å².